The summed E-state index contributed by atoms with van der Waals surface area (Å²) in [5.74, 6) is 1.82. The highest BCUT2D eigenvalue weighted by atomic mass is 32.2. The summed E-state index contributed by atoms with van der Waals surface area (Å²) >= 11 is 3.21. The molecular weight excluding hydrogens is 426 g/mol. The molecule has 3 aromatic rings. The number of carbonyl (C=O) groups is 1. The molecule has 6 nitrogen and oxygen atoms in total. The van der Waals surface area contributed by atoms with E-state index < -0.39 is 0 Å². The van der Waals surface area contributed by atoms with E-state index in [0.29, 0.717) is 6.42 Å². The molecule has 2 heterocycles. The number of rotatable bonds is 7. The van der Waals surface area contributed by atoms with E-state index in [1.165, 1.54) is 41.5 Å². The first kappa shape index (κ1) is 21.6. The molecule has 2 aromatic heterocycles. The van der Waals surface area contributed by atoms with Gasteiger partial charge in [0.1, 0.15) is 0 Å². The minimum atomic E-state index is -0.0974. The molecule has 4 rings (SSSR count). The third kappa shape index (κ3) is 5.00. The number of nitriles is 1. The van der Waals surface area contributed by atoms with Gasteiger partial charge in [0.25, 0.3) is 0 Å². The first-order valence-electron chi connectivity index (χ1n) is 10.5. The SMILES string of the molecule is CCC1CCc2sc(-c3nnc(SCC(=O)Nc4ccc(CC#N)cc4)n3C)cc2C1. The Morgan fingerprint density at radius 3 is 2.90 bits per heavy atom. The van der Waals surface area contributed by atoms with Crippen molar-refractivity contribution in [2.75, 3.05) is 11.1 Å². The summed E-state index contributed by atoms with van der Waals surface area (Å²) in [6.07, 6.45) is 5.21. The molecule has 1 N–H and O–H groups in total. The molecule has 31 heavy (non-hydrogen) atoms. The lowest BCUT2D eigenvalue weighted by molar-refractivity contribution is -0.113. The summed E-state index contributed by atoms with van der Waals surface area (Å²) in [6, 6.07) is 11.7. The third-order valence-electron chi connectivity index (χ3n) is 5.67. The Balaban J connectivity index is 1.37. The Labute approximate surface area is 190 Å². The lowest BCUT2D eigenvalue weighted by Crippen LogP contribution is -2.14. The summed E-state index contributed by atoms with van der Waals surface area (Å²) < 4.78 is 1.98. The largest absolute Gasteiger partial charge is 0.325 e. The van der Waals surface area contributed by atoms with Crippen LogP contribution < -0.4 is 5.32 Å². The highest BCUT2D eigenvalue weighted by Gasteiger charge is 2.22. The van der Waals surface area contributed by atoms with Crippen LogP contribution in [0.15, 0.2) is 35.5 Å². The van der Waals surface area contributed by atoms with E-state index >= 15 is 0 Å². The predicted octanol–water partition coefficient (Wildman–Crippen LogP) is 4.86. The molecule has 0 saturated carbocycles. The number of fused-ring (bicyclic) bond motifs is 1. The van der Waals surface area contributed by atoms with Crippen LogP contribution in [0.5, 0.6) is 0 Å². The van der Waals surface area contributed by atoms with Gasteiger partial charge >= 0.3 is 0 Å². The van der Waals surface area contributed by atoms with Gasteiger partial charge < -0.3 is 9.88 Å². The van der Waals surface area contributed by atoms with Gasteiger partial charge in [0.2, 0.25) is 5.91 Å². The van der Waals surface area contributed by atoms with Crippen molar-refractivity contribution < 1.29 is 4.79 Å². The average molecular weight is 452 g/mol. The number of benzene rings is 1. The van der Waals surface area contributed by atoms with Crippen LogP contribution in [0.4, 0.5) is 5.69 Å². The van der Waals surface area contributed by atoms with Gasteiger partial charge in [0.05, 0.1) is 23.1 Å². The summed E-state index contributed by atoms with van der Waals surface area (Å²) in [4.78, 5) is 15.0. The first-order chi connectivity index (χ1) is 15.1. The van der Waals surface area contributed by atoms with Crippen molar-refractivity contribution in [2.24, 2.45) is 13.0 Å². The van der Waals surface area contributed by atoms with Gasteiger partial charge in [-0.1, -0.05) is 37.2 Å². The third-order valence-corrected chi connectivity index (χ3v) is 7.92. The standard InChI is InChI=1S/C23H25N5OS2/c1-3-15-6-9-19-17(12-15)13-20(31-19)22-26-27-23(28(22)2)30-14-21(29)25-18-7-4-16(5-8-18)10-11-24/h4-5,7-8,13,15H,3,6,9-10,12,14H2,1-2H3,(H,25,29). The van der Waals surface area contributed by atoms with Gasteiger partial charge in [-0.25, -0.2) is 0 Å². The van der Waals surface area contributed by atoms with Crippen LogP contribution in [0.3, 0.4) is 0 Å². The lowest BCUT2D eigenvalue weighted by atomic mass is 9.87. The normalized spacial score (nSPS) is 15.3. The molecule has 1 aromatic carbocycles. The number of nitrogens with zero attached hydrogens (tertiary/aromatic N) is 4. The summed E-state index contributed by atoms with van der Waals surface area (Å²) in [5.41, 5.74) is 3.12. The number of hydrogen-bond donors (Lipinski definition) is 1. The molecule has 1 atom stereocenters. The zero-order chi connectivity index (χ0) is 21.8. The molecule has 8 heteroatoms. The number of carbonyl (C=O) groups excluding carboxylic acids is 1. The maximum Gasteiger partial charge on any atom is 0.234 e. The quantitative estimate of drug-likeness (QED) is 0.519. The molecular formula is C23H25N5OS2. The number of anilines is 1. The number of thioether (sulfide) groups is 1. The van der Waals surface area contributed by atoms with E-state index in [1.807, 2.05) is 47.2 Å². The smallest absolute Gasteiger partial charge is 0.234 e. The molecule has 1 amide bonds. The molecule has 0 fully saturated rings. The fraction of sp³-hybridized carbons (Fsp3) is 0.391. The van der Waals surface area contributed by atoms with Crippen LogP contribution in [0.25, 0.3) is 10.7 Å². The molecule has 1 aliphatic rings. The number of nitrogens with one attached hydrogen (secondary N) is 1. The highest BCUT2D eigenvalue weighted by Crippen LogP contribution is 2.38. The van der Waals surface area contributed by atoms with Gasteiger partial charge in [0.15, 0.2) is 11.0 Å². The second kappa shape index (κ2) is 9.67. The Bertz CT molecular complexity index is 1110. The van der Waals surface area contributed by atoms with Crippen LogP contribution >= 0.6 is 23.1 Å². The monoisotopic (exact) mass is 451 g/mol. The second-order valence-corrected chi connectivity index (χ2v) is 9.89. The Morgan fingerprint density at radius 2 is 2.16 bits per heavy atom. The van der Waals surface area contributed by atoms with Crippen LogP contribution in [0.1, 0.15) is 35.8 Å². The maximum absolute atomic E-state index is 12.3. The van der Waals surface area contributed by atoms with Crippen molar-refractivity contribution >= 4 is 34.7 Å². The van der Waals surface area contributed by atoms with E-state index in [-0.39, 0.29) is 11.7 Å². The van der Waals surface area contributed by atoms with Crippen molar-refractivity contribution in [3.8, 4) is 16.8 Å². The lowest BCUT2D eigenvalue weighted by Gasteiger charge is -2.19. The minimum Gasteiger partial charge on any atom is -0.325 e. The van der Waals surface area contributed by atoms with Crippen molar-refractivity contribution in [2.45, 2.75) is 44.2 Å². The van der Waals surface area contributed by atoms with Gasteiger partial charge in [-0.3, -0.25) is 4.79 Å². The number of aryl methyl sites for hydroxylation is 1. The Morgan fingerprint density at radius 1 is 1.35 bits per heavy atom. The fourth-order valence-corrected chi connectivity index (χ4v) is 5.78. The van der Waals surface area contributed by atoms with Crippen molar-refractivity contribution in [1.29, 1.82) is 5.26 Å². The van der Waals surface area contributed by atoms with E-state index in [2.05, 4.69) is 34.6 Å². The van der Waals surface area contributed by atoms with Crippen LogP contribution in [-0.4, -0.2) is 26.4 Å². The molecule has 0 radical (unpaired) electrons. The van der Waals surface area contributed by atoms with E-state index in [0.717, 1.165) is 39.4 Å². The predicted molar refractivity (Wildman–Crippen MR) is 125 cm³/mol. The van der Waals surface area contributed by atoms with E-state index in [9.17, 15) is 4.79 Å². The molecule has 1 aliphatic carbocycles. The average Bonchev–Trinajstić information content (AvgIpc) is 3.36. The maximum atomic E-state index is 12.3. The van der Waals surface area contributed by atoms with Gasteiger partial charge in [-0.05, 0) is 54.5 Å². The highest BCUT2D eigenvalue weighted by molar-refractivity contribution is 7.99. The molecule has 160 valence electrons. The molecule has 0 bridgehead atoms. The zero-order valence-corrected chi connectivity index (χ0v) is 19.4. The Kier molecular flexibility index (Phi) is 6.73. The molecule has 0 saturated heterocycles. The summed E-state index contributed by atoms with van der Waals surface area (Å²) in [5, 5.41) is 21.1. The van der Waals surface area contributed by atoms with Crippen LogP contribution in [0, 0.1) is 17.2 Å². The summed E-state index contributed by atoms with van der Waals surface area (Å²) in [6.45, 7) is 2.27. The minimum absolute atomic E-state index is 0.0974. The van der Waals surface area contributed by atoms with Crippen molar-refractivity contribution in [1.82, 2.24) is 14.8 Å². The van der Waals surface area contributed by atoms with Gasteiger partial charge in [-0.2, -0.15) is 5.26 Å². The molecule has 1 unspecified atom stereocenters. The van der Waals surface area contributed by atoms with Gasteiger partial charge in [0, 0.05) is 17.6 Å². The van der Waals surface area contributed by atoms with Crippen molar-refractivity contribution in [3.63, 3.8) is 0 Å². The number of thiophene rings is 1. The Hall–Kier alpha value is -2.63. The zero-order valence-electron chi connectivity index (χ0n) is 17.7. The van der Waals surface area contributed by atoms with Crippen molar-refractivity contribution in [3.05, 3.63) is 46.3 Å². The topological polar surface area (TPSA) is 83.6 Å². The summed E-state index contributed by atoms with van der Waals surface area (Å²) in [7, 11) is 1.96. The molecule has 0 aliphatic heterocycles. The van der Waals surface area contributed by atoms with Crippen LogP contribution in [0.2, 0.25) is 0 Å². The van der Waals surface area contributed by atoms with Crippen LogP contribution in [-0.2, 0) is 31.1 Å². The van der Waals surface area contributed by atoms with Gasteiger partial charge in [-0.15, -0.1) is 21.5 Å². The number of aromatic nitrogens is 3. The van der Waals surface area contributed by atoms with E-state index in [4.69, 9.17) is 5.26 Å². The molecule has 0 spiro atoms. The second-order valence-electron chi connectivity index (χ2n) is 7.81. The number of hydrogen-bond acceptors (Lipinski definition) is 6. The first-order valence-corrected chi connectivity index (χ1v) is 12.3. The number of amides is 1. The van der Waals surface area contributed by atoms with E-state index in [1.54, 1.807) is 0 Å². The fourth-order valence-electron chi connectivity index (χ4n) is 3.84.